The first kappa shape index (κ1) is 18.8. The Labute approximate surface area is 172 Å². The maximum Gasteiger partial charge on any atom is 0.337 e. The van der Waals surface area contributed by atoms with Gasteiger partial charge in [0.1, 0.15) is 0 Å². The van der Waals surface area contributed by atoms with Gasteiger partial charge in [-0.3, -0.25) is 0 Å². The summed E-state index contributed by atoms with van der Waals surface area (Å²) >= 11 is 0. The summed E-state index contributed by atoms with van der Waals surface area (Å²) in [6.07, 6.45) is 10.1. The molecule has 1 heterocycles. The Balaban J connectivity index is 1.52. The number of hydrogen-bond donors (Lipinski definition) is 0. The molecule has 2 atom stereocenters. The van der Waals surface area contributed by atoms with Crippen LogP contribution in [0.3, 0.4) is 0 Å². The summed E-state index contributed by atoms with van der Waals surface area (Å²) in [6, 6.07) is 10.6. The summed E-state index contributed by atoms with van der Waals surface area (Å²) in [4.78, 5) is 12.3. The summed E-state index contributed by atoms with van der Waals surface area (Å²) in [7, 11) is 1.46. The number of carbonyl (C=O) groups excluding carboxylic acids is 1. The van der Waals surface area contributed by atoms with Crippen LogP contribution in [0.4, 0.5) is 0 Å². The van der Waals surface area contributed by atoms with E-state index in [1.807, 2.05) is 6.07 Å². The van der Waals surface area contributed by atoms with Gasteiger partial charge in [-0.1, -0.05) is 42.0 Å². The predicted molar refractivity (Wildman–Crippen MR) is 110 cm³/mol. The smallest absolute Gasteiger partial charge is 0.337 e. The first-order valence-corrected chi connectivity index (χ1v) is 10.7. The monoisotopic (exact) mass is 392 g/mol. The molecule has 0 amide bonds. The van der Waals surface area contributed by atoms with E-state index in [4.69, 9.17) is 14.2 Å². The number of hydrogen-bond acceptors (Lipinski definition) is 4. The molecule has 0 aromatic heterocycles. The second kappa shape index (κ2) is 7.58. The molecule has 2 fully saturated rings. The minimum atomic E-state index is -0.355. The second-order valence-corrected chi connectivity index (χ2v) is 8.57. The number of fused-ring (bicyclic) bond motifs is 2. The third kappa shape index (κ3) is 3.49. The molecule has 0 bridgehead atoms. The zero-order valence-electron chi connectivity index (χ0n) is 17.0. The third-order valence-corrected chi connectivity index (χ3v) is 6.89. The molecule has 1 aromatic carbocycles. The van der Waals surface area contributed by atoms with Gasteiger partial charge < -0.3 is 14.2 Å². The van der Waals surface area contributed by atoms with Crippen LogP contribution in [0.25, 0.3) is 0 Å². The van der Waals surface area contributed by atoms with Crippen molar-refractivity contribution < 1.29 is 19.0 Å². The highest BCUT2D eigenvalue weighted by atomic mass is 16.7. The second-order valence-electron chi connectivity index (χ2n) is 8.57. The number of ether oxygens (including phenoxy) is 3. The molecule has 29 heavy (non-hydrogen) atoms. The quantitative estimate of drug-likeness (QED) is 0.710. The standard InChI is InChI=1S/C25H28O4/c1-27-24(26)21-14-18-7-8-19-16-25(28-11-12-29-25)10-9-22(19)23(18)20(15-21)13-17-5-3-2-4-6-17/h2-6,14-15,19-20H,7-13,16H2,1H3/t19-,20-/m1/s1. The summed E-state index contributed by atoms with van der Waals surface area (Å²) in [5.41, 5.74) is 6.34. The van der Waals surface area contributed by atoms with Crippen molar-refractivity contribution in [2.75, 3.05) is 20.3 Å². The highest BCUT2D eigenvalue weighted by molar-refractivity contribution is 5.92. The van der Waals surface area contributed by atoms with E-state index in [1.54, 1.807) is 5.57 Å². The Kier molecular flexibility index (Phi) is 4.92. The molecule has 3 aliphatic carbocycles. The van der Waals surface area contributed by atoms with Gasteiger partial charge in [0, 0.05) is 18.8 Å². The van der Waals surface area contributed by atoms with Crippen LogP contribution in [-0.2, 0) is 25.4 Å². The minimum absolute atomic E-state index is 0.212. The van der Waals surface area contributed by atoms with E-state index < -0.39 is 0 Å². The van der Waals surface area contributed by atoms with Gasteiger partial charge in [0.15, 0.2) is 5.79 Å². The number of benzene rings is 1. The molecule has 1 aromatic rings. The van der Waals surface area contributed by atoms with E-state index in [9.17, 15) is 4.79 Å². The lowest BCUT2D eigenvalue weighted by Gasteiger charge is -2.43. The fraction of sp³-hybridized carbons (Fsp3) is 0.480. The minimum Gasteiger partial charge on any atom is -0.465 e. The van der Waals surface area contributed by atoms with Gasteiger partial charge in [-0.25, -0.2) is 4.79 Å². The number of rotatable bonds is 3. The SMILES string of the molecule is COC(=O)C1=C[C@@H](Cc2ccccc2)C2=C3CCC4(C[C@H]3CCC2=C1)OCCO4. The van der Waals surface area contributed by atoms with Gasteiger partial charge in [0.2, 0.25) is 0 Å². The average molecular weight is 392 g/mol. The van der Waals surface area contributed by atoms with Crippen molar-refractivity contribution in [3.63, 3.8) is 0 Å². The summed E-state index contributed by atoms with van der Waals surface area (Å²) < 4.78 is 17.1. The molecule has 0 N–H and O–H groups in total. The van der Waals surface area contributed by atoms with Gasteiger partial charge in [-0.05, 0) is 54.4 Å². The van der Waals surface area contributed by atoms with Crippen LogP contribution >= 0.6 is 0 Å². The number of carbonyl (C=O) groups is 1. The van der Waals surface area contributed by atoms with Crippen LogP contribution in [0.15, 0.2) is 64.8 Å². The summed E-state index contributed by atoms with van der Waals surface area (Å²) in [6.45, 7) is 1.43. The Bertz CT molecular complexity index is 887. The Morgan fingerprint density at radius 1 is 1.17 bits per heavy atom. The molecule has 1 saturated heterocycles. The van der Waals surface area contributed by atoms with Gasteiger partial charge in [-0.15, -0.1) is 0 Å². The van der Waals surface area contributed by atoms with Crippen molar-refractivity contribution in [3.05, 3.63) is 70.3 Å². The molecule has 4 nitrogen and oxygen atoms in total. The lowest BCUT2D eigenvalue weighted by molar-refractivity contribution is -0.180. The lowest BCUT2D eigenvalue weighted by Crippen LogP contribution is -2.39. The molecule has 1 saturated carbocycles. The van der Waals surface area contributed by atoms with Crippen LogP contribution in [0.1, 0.15) is 37.7 Å². The Morgan fingerprint density at radius 3 is 2.72 bits per heavy atom. The normalized spacial score (nSPS) is 27.8. The Hall–Kier alpha value is -2.17. The maximum absolute atomic E-state index is 12.3. The van der Waals surface area contributed by atoms with E-state index >= 15 is 0 Å². The fourth-order valence-electron chi connectivity index (χ4n) is 5.63. The lowest BCUT2D eigenvalue weighted by atomic mass is 9.65. The first-order chi connectivity index (χ1) is 14.2. The van der Waals surface area contributed by atoms with Crippen molar-refractivity contribution >= 4 is 5.97 Å². The van der Waals surface area contributed by atoms with Crippen LogP contribution in [0.5, 0.6) is 0 Å². The maximum atomic E-state index is 12.3. The first-order valence-electron chi connectivity index (χ1n) is 10.7. The molecule has 4 aliphatic rings. The van der Waals surface area contributed by atoms with Gasteiger partial charge in [0.25, 0.3) is 0 Å². The van der Waals surface area contributed by atoms with Crippen molar-refractivity contribution in [3.8, 4) is 0 Å². The summed E-state index contributed by atoms with van der Waals surface area (Å²) in [5.74, 6) is 0.133. The average Bonchev–Trinajstić information content (AvgIpc) is 3.21. The van der Waals surface area contributed by atoms with E-state index in [0.29, 0.717) is 24.7 Å². The van der Waals surface area contributed by atoms with Crippen molar-refractivity contribution in [1.29, 1.82) is 0 Å². The van der Waals surface area contributed by atoms with Gasteiger partial charge in [-0.2, -0.15) is 0 Å². The van der Waals surface area contributed by atoms with Gasteiger partial charge in [0.05, 0.1) is 25.9 Å². The molecule has 1 aliphatic heterocycles. The van der Waals surface area contributed by atoms with Crippen LogP contribution in [-0.4, -0.2) is 32.1 Å². The topological polar surface area (TPSA) is 44.8 Å². The van der Waals surface area contributed by atoms with Crippen molar-refractivity contribution in [1.82, 2.24) is 0 Å². The molecule has 1 spiro atoms. The highest BCUT2D eigenvalue weighted by Crippen LogP contribution is 2.51. The molecule has 152 valence electrons. The molecule has 0 unspecified atom stereocenters. The largest absolute Gasteiger partial charge is 0.465 e. The molecule has 4 heteroatoms. The molecular formula is C25H28O4. The van der Waals surface area contributed by atoms with Crippen molar-refractivity contribution in [2.24, 2.45) is 11.8 Å². The molecule has 5 rings (SSSR count). The molecule has 0 radical (unpaired) electrons. The molecular weight excluding hydrogens is 364 g/mol. The number of allylic oxidation sites excluding steroid dienone is 4. The van der Waals surface area contributed by atoms with Crippen LogP contribution in [0, 0.1) is 11.8 Å². The fourth-order valence-corrected chi connectivity index (χ4v) is 5.63. The van der Waals surface area contributed by atoms with E-state index in [2.05, 4.69) is 36.4 Å². The van der Waals surface area contributed by atoms with E-state index in [0.717, 1.165) is 38.5 Å². The summed E-state index contributed by atoms with van der Waals surface area (Å²) in [5, 5.41) is 0. The third-order valence-electron chi connectivity index (χ3n) is 6.89. The number of methoxy groups -OCH3 is 1. The highest BCUT2D eigenvalue weighted by Gasteiger charge is 2.46. The predicted octanol–water partition coefficient (Wildman–Crippen LogP) is 4.52. The van der Waals surface area contributed by atoms with Crippen LogP contribution < -0.4 is 0 Å². The zero-order valence-corrected chi connectivity index (χ0v) is 17.0. The van der Waals surface area contributed by atoms with E-state index in [1.165, 1.54) is 23.8 Å². The zero-order chi connectivity index (χ0) is 19.8. The van der Waals surface area contributed by atoms with Crippen LogP contribution in [0.2, 0.25) is 0 Å². The van der Waals surface area contributed by atoms with Gasteiger partial charge >= 0.3 is 5.97 Å². The number of esters is 1. The van der Waals surface area contributed by atoms with Crippen molar-refractivity contribution in [2.45, 2.75) is 44.3 Å². The van der Waals surface area contributed by atoms with E-state index in [-0.39, 0.29) is 17.7 Å². The Morgan fingerprint density at radius 2 is 1.97 bits per heavy atom.